The first kappa shape index (κ1) is 19.8. The van der Waals surface area contributed by atoms with Crippen LogP contribution in [0.25, 0.3) is 0 Å². The quantitative estimate of drug-likeness (QED) is 0.589. The first-order chi connectivity index (χ1) is 13.6. The molecule has 0 bridgehead atoms. The number of esters is 1. The van der Waals surface area contributed by atoms with Gasteiger partial charge in [0, 0.05) is 30.0 Å². The zero-order valence-corrected chi connectivity index (χ0v) is 16.6. The number of amides is 1. The van der Waals surface area contributed by atoms with Crippen molar-refractivity contribution in [3.05, 3.63) is 59.7 Å². The SMILES string of the molecule is CCOC(=O)c1ccc(NC(=S)Nc2ccc(C(=O)N3CCCC3)cc2)cc1. The minimum Gasteiger partial charge on any atom is -0.462 e. The first-order valence-electron chi connectivity index (χ1n) is 9.31. The van der Waals surface area contributed by atoms with E-state index in [0.717, 1.165) is 37.3 Å². The zero-order chi connectivity index (χ0) is 19.9. The Morgan fingerprint density at radius 3 is 1.93 bits per heavy atom. The van der Waals surface area contributed by atoms with E-state index in [2.05, 4.69) is 10.6 Å². The Hall–Kier alpha value is -2.93. The Balaban J connectivity index is 1.54. The zero-order valence-electron chi connectivity index (χ0n) is 15.7. The van der Waals surface area contributed by atoms with Crippen molar-refractivity contribution in [2.75, 3.05) is 30.3 Å². The molecule has 3 rings (SSSR count). The molecule has 0 aromatic heterocycles. The van der Waals surface area contributed by atoms with Crippen LogP contribution in [0.4, 0.5) is 11.4 Å². The molecular weight excluding hydrogens is 374 g/mol. The van der Waals surface area contributed by atoms with Crippen LogP contribution in [-0.4, -0.2) is 41.6 Å². The predicted octanol–water partition coefficient (Wildman–Crippen LogP) is 3.91. The van der Waals surface area contributed by atoms with Gasteiger partial charge in [0.2, 0.25) is 0 Å². The summed E-state index contributed by atoms with van der Waals surface area (Å²) in [5, 5.41) is 6.57. The Kier molecular flexibility index (Phi) is 6.60. The third-order valence-corrected chi connectivity index (χ3v) is 4.64. The molecule has 2 N–H and O–H groups in total. The summed E-state index contributed by atoms with van der Waals surface area (Å²) in [5.41, 5.74) is 2.72. The third-order valence-electron chi connectivity index (χ3n) is 4.44. The molecule has 0 spiro atoms. The van der Waals surface area contributed by atoms with Crippen molar-refractivity contribution in [1.29, 1.82) is 0 Å². The van der Waals surface area contributed by atoms with E-state index in [0.29, 0.717) is 22.8 Å². The molecule has 7 heteroatoms. The molecule has 1 saturated heterocycles. The number of carbonyl (C=O) groups is 2. The minimum atomic E-state index is -0.349. The van der Waals surface area contributed by atoms with Crippen molar-refractivity contribution in [3.63, 3.8) is 0 Å². The molecule has 0 unspecified atom stereocenters. The summed E-state index contributed by atoms with van der Waals surface area (Å²) in [6, 6.07) is 14.2. The summed E-state index contributed by atoms with van der Waals surface area (Å²) in [6.45, 7) is 3.78. The van der Waals surface area contributed by atoms with Crippen molar-refractivity contribution in [3.8, 4) is 0 Å². The normalized spacial score (nSPS) is 13.1. The van der Waals surface area contributed by atoms with E-state index in [9.17, 15) is 9.59 Å². The van der Waals surface area contributed by atoms with Gasteiger partial charge in [0.05, 0.1) is 12.2 Å². The second kappa shape index (κ2) is 9.32. The lowest BCUT2D eigenvalue weighted by Crippen LogP contribution is -2.27. The summed E-state index contributed by atoms with van der Waals surface area (Å²) >= 11 is 5.33. The standard InChI is InChI=1S/C21H23N3O3S/c1-2-27-20(26)16-7-11-18(12-8-16)23-21(28)22-17-9-5-15(6-10-17)19(25)24-13-3-4-14-24/h5-12H,2-4,13-14H2,1H3,(H2,22,23,28). The average molecular weight is 398 g/mol. The Labute approximate surface area is 169 Å². The number of rotatable bonds is 5. The lowest BCUT2D eigenvalue weighted by molar-refractivity contribution is 0.0526. The molecule has 1 heterocycles. The number of carbonyl (C=O) groups excluding carboxylic acids is 2. The van der Waals surface area contributed by atoms with Crippen LogP contribution in [0.2, 0.25) is 0 Å². The fraction of sp³-hybridized carbons (Fsp3) is 0.286. The predicted molar refractivity (Wildman–Crippen MR) is 114 cm³/mol. The van der Waals surface area contributed by atoms with Crippen LogP contribution >= 0.6 is 12.2 Å². The van der Waals surface area contributed by atoms with Gasteiger partial charge in [-0.15, -0.1) is 0 Å². The maximum atomic E-state index is 12.4. The van der Waals surface area contributed by atoms with Gasteiger partial charge in [-0.05, 0) is 80.5 Å². The van der Waals surface area contributed by atoms with Crippen LogP contribution in [0.5, 0.6) is 0 Å². The summed E-state index contributed by atoms with van der Waals surface area (Å²) in [7, 11) is 0. The lowest BCUT2D eigenvalue weighted by Gasteiger charge is -2.15. The minimum absolute atomic E-state index is 0.0754. The summed E-state index contributed by atoms with van der Waals surface area (Å²) < 4.78 is 4.96. The van der Waals surface area contributed by atoms with Gasteiger partial charge in [0.25, 0.3) is 5.91 Å². The van der Waals surface area contributed by atoms with Crippen LogP contribution in [0.15, 0.2) is 48.5 Å². The molecule has 0 aliphatic carbocycles. The highest BCUT2D eigenvalue weighted by Gasteiger charge is 2.19. The fourth-order valence-corrected chi connectivity index (χ4v) is 3.23. The molecule has 0 saturated carbocycles. The number of likely N-dealkylation sites (tertiary alicyclic amines) is 1. The number of hydrogen-bond donors (Lipinski definition) is 2. The first-order valence-corrected chi connectivity index (χ1v) is 9.72. The molecule has 0 atom stereocenters. The fourth-order valence-electron chi connectivity index (χ4n) is 3.00. The van der Waals surface area contributed by atoms with E-state index in [4.69, 9.17) is 17.0 Å². The van der Waals surface area contributed by atoms with Crippen LogP contribution in [0.3, 0.4) is 0 Å². The van der Waals surface area contributed by atoms with Crippen molar-refractivity contribution in [2.24, 2.45) is 0 Å². The van der Waals surface area contributed by atoms with Gasteiger partial charge in [0.1, 0.15) is 0 Å². The van der Waals surface area contributed by atoms with Gasteiger partial charge in [-0.1, -0.05) is 0 Å². The number of ether oxygens (including phenoxy) is 1. The molecule has 1 aliphatic heterocycles. The van der Waals surface area contributed by atoms with E-state index in [1.54, 1.807) is 43.3 Å². The smallest absolute Gasteiger partial charge is 0.338 e. The molecule has 0 radical (unpaired) electrons. The molecule has 6 nitrogen and oxygen atoms in total. The summed E-state index contributed by atoms with van der Waals surface area (Å²) in [5.74, 6) is -0.273. The number of thiocarbonyl (C=S) groups is 1. The molecule has 28 heavy (non-hydrogen) atoms. The maximum Gasteiger partial charge on any atom is 0.338 e. The average Bonchev–Trinajstić information content (AvgIpc) is 3.23. The number of nitrogens with zero attached hydrogens (tertiary/aromatic N) is 1. The van der Waals surface area contributed by atoms with E-state index < -0.39 is 0 Å². The van der Waals surface area contributed by atoms with Gasteiger partial charge < -0.3 is 20.3 Å². The van der Waals surface area contributed by atoms with Crippen LogP contribution in [0.1, 0.15) is 40.5 Å². The molecule has 1 fully saturated rings. The highest BCUT2D eigenvalue weighted by atomic mass is 32.1. The molecule has 146 valence electrons. The van der Waals surface area contributed by atoms with Gasteiger partial charge in [-0.2, -0.15) is 0 Å². The van der Waals surface area contributed by atoms with Crippen LogP contribution < -0.4 is 10.6 Å². The highest BCUT2D eigenvalue weighted by molar-refractivity contribution is 7.80. The van der Waals surface area contributed by atoms with Gasteiger partial charge >= 0.3 is 5.97 Å². The molecule has 2 aromatic carbocycles. The molecule has 1 amide bonds. The highest BCUT2D eigenvalue weighted by Crippen LogP contribution is 2.16. The van der Waals surface area contributed by atoms with E-state index in [1.807, 2.05) is 17.0 Å². The molecular formula is C21H23N3O3S. The van der Waals surface area contributed by atoms with Gasteiger partial charge in [0.15, 0.2) is 5.11 Å². The Morgan fingerprint density at radius 1 is 0.929 bits per heavy atom. The Bertz CT molecular complexity index is 844. The number of benzene rings is 2. The van der Waals surface area contributed by atoms with Crippen molar-refractivity contribution in [2.45, 2.75) is 19.8 Å². The Morgan fingerprint density at radius 2 is 1.43 bits per heavy atom. The topological polar surface area (TPSA) is 70.7 Å². The van der Waals surface area contributed by atoms with E-state index in [-0.39, 0.29) is 11.9 Å². The number of anilines is 2. The van der Waals surface area contributed by atoms with Crippen LogP contribution in [-0.2, 0) is 4.74 Å². The van der Waals surface area contributed by atoms with Crippen LogP contribution in [0, 0.1) is 0 Å². The second-order valence-corrected chi connectivity index (χ2v) is 6.86. The number of hydrogen-bond acceptors (Lipinski definition) is 4. The monoisotopic (exact) mass is 397 g/mol. The van der Waals surface area contributed by atoms with Crippen molar-refractivity contribution in [1.82, 2.24) is 4.90 Å². The van der Waals surface area contributed by atoms with E-state index in [1.165, 1.54) is 0 Å². The molecule has 2 aromatic rings. The van der Waals surface area contributed by atoms with Gasteiger partial charge in [-0.3, -0.25) is 4.79 Å². The van der Waals surface area contributed by atoms with Crippen molar-refractivity contribution >= 4 is 40.6 Å². The lowest BCUT2D eigenvalue weighted by atomic mass is 10.2. The van der Waals surface area contributed by atoms with E-state index >= 15 is 0 Å². The van der Waals surface area contributed by atoms with Crippen molar-refractivity contribution < 1.29 is 14.3 Å². The third kappa shape index (κ3) is 5.07. The number of nitrogens with one attached hydrogen (secondary N) is 2. The molecule has 1 aliphatic rings. The maximum absolute atomic E-state index is 12.4. The largest absolute Gasteiger partial charge is 0.462 e. The summed E-state index contributed by atoms with van der Waals surface area (Å²) in [6.07, 6.45) is 2.15. The second-order valence-electron chi connectivity index (χ2n) is 6.45. The van der Waals surface area contributed by atoms with Gasteiger partial charge in [-0.25, -0.2) is 4.79 Å². The summed E-state index contributed by atoms with van der Waals surface area (Å²) in [4.78, 5) is 25.9.